The first-order valence-electron chi connectivity index (χ1n) is 9.09. The second-order valence-corrected chi connectivity index (χ2v) is 7.31. The summed E-state index contributed by atoms with van der Waals surface area (Å²) < 4.78 is 11.3. The minimum atomic E-state index is -1.34. The highest BCUT2D eigenvalue weighted by Crippen LogP contribution is 2.34. The second-order valence-electron chi connectivity index (χ2n) is 6.88. The highest BCUT2D eigenvalue weighted by molar-refractivity contribution is 6.31. The van der Waals surface area contributed by atoms with Gasteiger partial charge >= 0.3 is 6.09 Å². The normalized spacial score (nSPS) is 19.4. The second kappa shape index (κ2) is 8.62. The van der Waals surface area contributed by atoms with Gasteiger partial charge in [-0.05, 0) is 25.1 Å². The van der Waals surface area contributed by atoms with Gasteiger partial charge in [-0.3, -0.25) is 9.59 Å². The van der Waals surface area contributed by atoms with Crippen molar-refractivity contribution in [3.8, 4) is 11.6 Å². The van der Waals surface area contributed by atoms with Gasteiger partial charge < -0.3 is 30.5 Å². The molecule has 1 aromatic carbocycles. The van der Waals surface area contributed by atoms with Crippen LogP contribution in [0.25, 0.3) is 10.8 Å². The molecule has 0 spiro atoms. The third-order valence-corrected chi connectivity index (χ3v) is 5.09. The molecule has 10 nitrogen and oxygen atoms in total. The number of halogens is 1. The van der Waals surface area contributed by atoms with Gasteiger partial charge in [0.1, 0.15) is 23.9 Å². The predicted octanol–water partition coefficient (Wildman–Crippen LogP) is 1.39. The van der Waals surface area contributed by atoms with Gasteiger partial charge in [0.05, 0.1) is 19.9 Å². The molecule has 3 amide bonds. The maximum Gasteiger partial charge on any atom is 0.405 e. The molecule has 1 saturated heterocycles. The molecule has 0 bridgehead atoms. The van der Waals surface area contributed by atoms with Crippen molar-refractivity contribution in [1.29, 1.82) is 0 Å². The number of nitrogens with one attached hydrogen (secondary N) is 1. The number of nitrogens with two attached hydrogens (primary N) is 1. The van der Waals surface area contributed by atoms with Gasteiger partial charge in [0, 0.05) is 22.2 Å². The van der Waals surface area contributed by atoms with Gasteiger partial charge in [0.15, 0.2) is 0 Å². The van der Waals surface area contributed by atoms with Gasteiger partial charge in [-0.25, -0.2) is 9.78 Å². The number of ether oxygens (including phenoxy) is 2. The molecule has 1 fully saturated rings. The SMILES string of the molecule is COc1cnc(OC2CC(C(N)=O)N(C(=O)C(C)NC(=O)O)C2)c2cc(Cl)ccc12. The summed E-state index contributed by atoms with van der Waals surface area (Å²) in [5.74, 6) is -0.455. The molecule has 0 aliphatic carbocycles. The van der Waals surface area contributed by atoms with Crippen LogP contribution in [0.4, 0.5) is 4.79 Å². The first-order valence-corrected chi connectivity index (χ1v) is 9.47. The van der Waals surface area contributed by atoms with Crippen LogP contribution in [0.3, 0.4) is 0 Å². The van der Waals surface area contributed by atoms with Crippen molar-refractivity contribution in [2.45, 2.75) is 31.5 Å². The predicted molar refractivity (Wildman–Crippen MR) is 108 cm³/mol. The van der Waals surface area contributed by atoms with Gasteiger partial charge in [0.2, 0.25) is 17.7 Å². The average molecular weight is 437 g/mol. The summed E-state index contributed by atoms with van der Waals surface area (Å²) in [6.45, 7) is 1.44. The number of amides is 3. The first-order chi connectivity index (χ1) is 14.2. The molecule has 1 aliphatic heterocycles. The summed E-state index contributed by atoms with van der Waals surface area (Å²) in [6.07, 6.45) is -0.263. The number of carbonyl (C=O) groups excluding carboxylic acids is 2. The number of benzene rings is 1. The van der Waals surface area contributed by atoms with Crippen molar-refractivity contribution in [3.05, 3.63) is 29.4 Å². The summed E-state index contributed by atoms with van der Waals surface area (Å²) in [5, 5.41) is 12.7. The fourth-order valence-electron chi connectivity index (χ4n) is 3.47. The summed E-state index contributed by atoms with van der Waals surface area (Å²) in [4.78, 5) is 40.8. The lowest BCUT2D eigenvalue weighted by atomic mass is 10.1. The third kappa shape index (κ3) is 4.33. The van der Waals surface area contributed by atoms with E-state index in [1.807, 2.05) is 0 Å². The summed E-state index contributed by atoms with van der Waals surface area (Å²) in [5.41, 5.74) is 5.46. The number of carboxylic acid groups (broad SMARTS) is 1. The molecule has 2 aromatic rings. The van der Waals surface area contributed by atoms with Gasteiger partial charge in [-0.2, -0.15) is 0 Å². The Morgan fingerprint density at radius 2 is 2.10 bits per heavy atom. The van der Waals surface area contributed by atoms with Crippen molar-refractivity contribution in [2.24, 2.45) is 5.73 Å². The lowest BCUT2D eigenvalue weighted by Gasteiger charge is -2.25. The van der Waals surface area contributed by atoms with Crippen LogP contribution in [0, 0.1) is 0 Å². The van der Waals surface area contributed by atoms with E-state index in [-0.39, 0.29) is 18.8 Å². The van der Waals surface area contributed by atoms with Crippen LogP contribution in [-0.4, -0.2) is 64.7 Å². The number of methoxy groups -OCH3 is 1. The van der Waals surface area contributed by atoms with Crippen molar-refractivity contribution >= 4 is 40.3 Å². The number of pyridine rings is 1. The lowest BCUT2D eigenvalue weighted by Crippen LogP contribution is -2.51. The number of primary amides is 1. The topological polar surface area (TPSA) is 144 Å². The zero-order valence-electron chi connectivity index (χ0n) is 16.3. The van der Waals surface area contributed by atoms with Crippen LogP contribution >= 0.6 is 11.6 Å². The molecule has 4 N–H and O–H groups in total. The molecule has 1 aliphatic rings. The van der Waals surface area contributed by atoms with Crippen molar-refractivity contribution < 1.29 is 29.0 Å². The number of likely N-dealkylation sites (tertiary alicyclic amines) is 1. The van der Waals surface area contributed by atoms with E-state index in [0.29, 0.717) is 16.2 Å². The monoisotopic (exact) mass is 436 g/mol. The number of aromatic nitrogens is 1. The number of fused-ring (bicyclic) bond motifs is 1. The van der Waals surface area contributed by atoms with E-state index < -0.39 is 36.1 Å². The van der Waals surface area contributed by atoms with E-state index in [2.05, 4.69) is 10.3 Å². The number of rotatable bonds is 6. The molecule has 3 unspecified atom stereocenters. The Morgan fingerprint density at radius 3 is 2.73 bits per heavy atom. The summed E-state index contributed by atoms with van der Waals surface area (Å²) in [6, 6.07) is 3.22. The number of hydrogen-bond donors (Lipinski definition) is 3. The maximum absolute atomic E-state index is 12.6. The van der Waals surface area contributed by atoms with E-state index in [0.717, 1.165) is 5.39 Å². The molecule has 0 radical (unpaired) electrons. The molecular weight excluding hydrogens is 416 g/mol. The summed E-state index contributed by atoms with van der Waals surface area (Å²) in [7, 11) is 1.52. The molecule has 0 saturated carbocycles. The Hall–Kier alpha value is -3.27. The first kappa shape index (κ1) is 21.4. The zero-order valence-corrected chi connectivity index (χ0v) is 17.0. The van der Waals surface area contributed by atoms with Crippen molar-refractivity contribution in [2.75, 3.05) is 13.7 Å². The van der Waals surface area contributed by atoms with E-state index in [9.17, 15) is 14.4 Å². The highest BCUT2D eigenvalue weighted by Gasteiger charge is 2.41. The number of nitrogens with zero attached hydrogens (tertiary/aromatic N) is 2. The fraction of sp³-hybridized carbons (Fsp3) is 0.368. The minimum absolute atomic E-state index is 0.0495. The Balaban J connectivity index is 1.86. The van der Waals surface area contributed by atoms with Crippen LogP contribution in [0.1, 0.15) is 13.3 Å². The van der Waals surface area contributed by atoms with Crippen molar-refractivity contribution in [3.63, 3.8) is 0 Å². The van der Waals surface area contributed by atoms with Gasteiger partial charge in [-0.15, -0.1) is 0 Å². The van der Waals surface area contributed by atoms with Crippen LogP contribution in [0.15, 0.2) is 24.4 Å². The van der Waals surface area contributed by atoms with E-state index in [1.54, 1.807) is 18.2 Å². The zero-order chi connectivity index (χ0) is 22.0. The fourth-order valence-corrected chi connectivity index (χ4v) is 3.64. The molecule has 3 atom stereocenters. The van der Waals surface area contributed by atoms with Gasteiger partial charge in [-0.1, -0.05) is 11.6 Å². The largest absolute Gasteiger partial charge is 0.494 e. The van der Waals surface area contributed by atoms with E-state index in [1.165, 1.54) is 25.1 Å². The molecular formula is C19H21ClN4O6. The van der Waals surface area contributed by atoms with E-state index >= 15 is 0 Å². The average Bonchev–Trinajstić information content (AvgIpc) is 3.11. The maximum atomic E-state index is 12.6. The minimum Gasteiger partial charge on any atom is -0.494 e. The Labute approximate surface area is 176 Å². The molecule has 11 heteroatoms. The Morgan fingerprint density at radius 1 is 1.37 bits per heavy atom. The Kier molecular flexibility index (Phi) is 6.16. The smallest absolute Gasteiger partial charge is 0.405 e. The Bertz CT molecular complexity index is 1000. The standard InChI is InChI=1S/C19H21ClN4O6/c1-9(23-19(27)28)18(26)24-8-11(6-14(24)16(21)25)30-17-13-5-10(20)3-4-12(13)15(29-2)7-22-17/h3-5,7,9,11,14,23H,6,8H2,1-2H3,(H2,21,25)(H,27,28). The summed E-state index contributed by atoms with van der Waals surface area (Å²) >= 11 is 6.12. The van der Waals surface area contributed by atoms with Gasteiger partial charge in [0.25, 0.3) is 0 Å². The van der Waals surface area contributed by atoms with Crippen LogP contribution < -0.4 is 20.5 Å². The van der Waals surface area contributed by atoms with Crippen LogP contribution in [-0.2, 0) is 9.59 Å². The highest BCUT2D eigenvalue weighted by atomic mass is 35.5. The lowest BCUT2D eigenvalue weighted by molar-refractivity contribution is -0.138. The van der Waals surface area contributed by atoms with Crippen LogP contribution in [0.2, 0.25) is 5.02 Å². The quantitative estimate of drug-likeness (QED) is 0.620. The number of hydrogen-bond acceptors (Lipinski definition) is 6. The molecule has 3 rings (SSSR count). The third-order valence-electron chi connectivity index (χ3n) is 4.86. The molecule has 30 heavy (non-hydrogen) atoms. The van der Waals surface area contributed by atoms with Crippen LogP contribution in [0.5, 0.6) is 11.6 Å². The van der Waals surface area contributed by atoms with E-state index in [4.69, 9.17) is 31.9 Å². The molecule has 160 valence electrons. The van der Waals surface area contributed by atoms with Crippen molar-refractivity contribution in [1.82, 2.24) is 15.2 Å². The molecule has 1 aromatic heterocycles. The number of carbonyl (C=O) groups is 3. The molecule has 2 heterocycles.